The summed E-state index contributed by atoms with van der Waals surface area (Å²) in [7, 11) is 1.59. The summed E-state index contributed by atoms with van der Waals surface area (Å²) in [5.74, 6) is -0.286. The van der Waals surface area contributed by atoms with Gasteiger partial charge in [0.05, 0.1) is 7.11 Å². The number of carbonyl (C=O) groups is 2. The molecule has 0 aliphatic carbocycles. The molecule has 1 aromatic carbocycles. The number of benzene rings is 1. The number of rotatable bonds is 4. The van der Waals surface area contributed by atoms with Gasteiger partial charge < -0.3 is 10.1 Å². The largest absolute Gasteiger partial charge is 0.497 e. The van der Waals surface area contributed by atoms with Gasteiger partial charge in [0.2, 0.25) is 5.78 Å². The van der Waals surface area contributed by atoms with Crippen molar-refractivity contribution in [2.75, 3.05) is 7.11 Å². The van der Waals surface area contributed by atoms with Gasteiger partial charge in [0.15, 0.2) is 0 Å². The Bertz CT molecular complexity index is 357. The lowest BCUT2D eigenvalue weighted by Crippen LogP contribution is -2.28. The molecule has 0 saturated carbocycles. The second-order valence-electron chi connectivity index (χ2n) is 3.09. The first kappa shape index (κ1) is 11.2. The normalized spacial score (nSPS) is 9.47. The number of hydrogen-bond donors (Lipinski definition) is 1. The highest BCUT2D eigenvalue weighted by atomic mass is 16.5. The molecule has 0 aliphatic rings. The predicted molar refractivity (Wildman–Crippen MR) is 55.5 cm³/mol. The van der Waals surface area contributed by atoms with Crippen molar-refractivity contribution < 1.29 is 14.3 Å². The van der Waals surface area contributed by atoms with Crippen LogP contribution in [0.1, 0.15) is 12.5 Å². The molecule has 1 amide bonds. The second-order valence-corrected chi connectivity index (χ2v) is 3.09. The van der Waals surface area contributed by atoms with Crippen LogP contribution in [-0.2, 0) is 16.1 Å². The lowest BCUT2D eigenvalue weighted by molar-refractivity contribution is -0.136. The molecule has 0 aromatic heterocycles. The number of methoxy groups -OCH3 is 1. The van der Waals surface area contributed by atoms with E-state index in [1.807, 2.05) is 12.1 Å². The van der Waals surface area contributed by atoms with Gasteiger partial charge in [-0.3, -0.25) is 9.59 Å². The first-order valence-corrected chi connectivity index (χ1v) is 4.55. The fourth-order valence-electron chi connectivity index (χ4n) is 1.05. The smallest absolute Gasteiger partial charge is 0.287 e. The van der Waals surface area contributed by atoms with E-state index >= 15 is 0 Å². The standard InChI is InChI=1S/C11H13NO3/c1-8(13)11(14)12-7-9-3-5-10(15-2)6-4-9/h3-6H,7H2,1-2H3,(H,12,14). The van der Waals surface area contributed by atoms with Crippen molar-refractivity contribution >= 4 is 11.7 Å². The summed E-state index contributed by atoms with van der Waals surface area (Å²) >= 11 is 0. The Morgan fingerprint density at radius 2 is 1.87 bits per heavy atom. The molecule has 0 spiro atoms. The molecule has 0 aliphatic heterocycles. The topological polar surface area (TPSA) is 55.4 Å². The quantitative estimate of drug-likeness (QED) is 0.746. The van der Waals surface area contributed by atoms with Gasteiger partial charge in [0, 0.05) is 13.5 Å². The average Bonchev–Trinajstić information content (AvgIpc) is 2.26. The summed E-state index contributed by atoms with van der Waals surface area (Å²) in [5, 5.41) is 2.51. The zero-order valence-electron chi connectivity index (χ0n) is 8.74. The molecule has 80 valence electrons. The van der Waals surface area contributed by atoms with Crippen molar-refractivity contribution in [3.05, 3.63) is 29.8 Å². The highest BCUT2D eigenvalue weighted by molar-refractivity contribution is 6.35. The zero-order valence-corrected chi connectivity index (χ0v) is 8.74. The minimum Gasteiger partial charge on any atom is -0.497 e. The summed E-state index contributed by atoms with van der Waals surface area (Å²) in [6.45, 7) is 1.59. The maximum Gasteiger partial charge on any atom is 0.287 e. The molecule has 0 atom stereocenters. The molecule has 0 saturated heterocycles. The maximum atomic E-state index is 11.0. The number of ether oxygens (including phenoxy) is 1. The minimum atomic E-state index is -0.564. The van der Waals surface area contributed by atoms with E-state index in [-0.39, 0.29) is 0 Å². The molecule has 1 rings (SSSR count). The monoisotopic (exact) mass is 207 g/mol. The Hall–Kier alpha value is -1.84. The summed E-state index contributed by atoms with van der Waals surface area (Å²) < 4.78 is 4.99. The van der Waals surface area contributed by atoms with Crippen LogP contribution in [0.4, 0.5) is 0 Å². The molecule has 1 N–H and O–H groups in total. The van der Waals surface area contributed by atoms with Gasteiger partial charge in [-0.25, -0.2) is 0 Å². The third-order valence-corrected chi connectivity index (χ3v) is 1.93. The van der Waals surface area contributed by atoms with Gasteiger partial charge in [-0.15, -0.1) is 0 Å². The third kappa shape index (κ3) is 3.42. The van der Waals surface area contributed by atoms with E-state index in [1.54, 1.807) is 19.2 Å². The van der Waals surface area contributed by atoms with E-state index < -0.39 is 11.7 Å². The lowest BCUT2D eigenvalue weighted by Gasteiger charge is -2.04. The van der Waals surface area contributed by atoms with Crippen molar-refractivity contribution in [1.29, 1.82) is 0 Å². The number of ketones is 1. The lowest BCUT2D eigenvalue weighted by atomic mass is 10.2. The van der Waals surface area contributed by atoms with Gasteiger partial charge in [0.25, 0.3) is 5.91 Å². The van der Waals surface area contributed by atoms with Crippen molar-refractivity contribution in [3.8, 4) is 5.75 Å². The molecule has 4 nitrogen and oxygen atoms in total. The average molecular weight is 207 g/mol. The van der Waals surface area contributed by atoms with Crippen molar-refractivity contribution in [1.82, 2.24) is 5.32 Å². The molecule has 15 heavy (non-hydrogen) atoms. The highest BCUT2D eigenvalue weighted by Crippen LogP contribution is 2.10. The summed E-state index contributed by atoms with van der Waals surface area (Å²) in [4.78, 5) is 21.6. The number of nitrogens with one attached hydrogen (secondary N) is 1. The number of hydrogen-bond acceptors (Lipinski definition) is 3. The SMILES string of the molecule is COc1ccc(CNC(=O)C(C)=O)cc1. The van der Waals surface area contributed by atoms with E-state index in [2.05, 4.69) is 5.32 Å². The molecule has 0 heterocycles. The molecule has 0 bridgehead atoms. The van der Waals surface area contributed by atoms with Crippen molar-refractivity contribution in [3.63, 3.8) is 0 Å². The fourth-order valence-corrected chi connectivity index (χ4v) is 1.05. The molecule has 0 radical (unpaired) electrons. The minimum absolute atomic E-state index is 0.350. The predicted octanol–water partition coefficient (Wildman–Crippen LogP) is 0.900. The van der Waals surface area contributed by atoms with Crippen LogP contribution in [0.2, 0.25) is 0 Å². The van der Waals surface area contributed by atoms with Gasteiger partial charge in [-0.2, -0.15) is 0 Å². The number of carbonyl (C=O) groups excluding carboxylic acids is 2. The Morgan fingerprint density at radius 3 is 2.33 bits per heavy atom. The molecular weight excluding hydrogens is 194 g/mol. The third-order valence-electron chi connectivity index (χ3n) is 1.93. The Morgan fingerprint density at radius 1 is 1.27 bits per heavy atom. The van der Waals surface area contributed by atoms with Crippen molar-refractivity contribution in [2.45, 2.75) is 13.5 Å². The van der Waals surface area contributed by atoms with Crippen LogP contribution >= 0.6 is 0 Å². The van der Waals surface area contributed by atoms with E-state index in [0.717, 1.165) is 11.3 Å². The zero-order chi connectivity index (χ0) is 11.3. The first-order valence-electron chi connectivity index (χ1n) is 4.55. The van der Waals surface area contributed by atoms with E-state index in [4.69, 9.17) is 4.74 Å². The van der Waals surface area contributed by atoms with Gasteiger partial charge in [-0.05, 0) is 17.7 Å². The van der Waals surface area contributed by atoms with Gasteiger partial charge in [0.1, 0.15) is 5.75 Å². The van der Waals surface area contributed by atoms with Crippen LogP contribution in [0.25, 0.3) is 0 Å². The fraction of sp³-hybridized carbons (Fsp3) is 0.273. The Kier molecular flexibility index (Phi) is 3.85. The number of amides is 1. The van der Waals surface area contributed by atoms with Crippen LogP contribution in [0.15, 0.2) is 24.3 Å². The maximum absolute atomic E-state index is 11.0. The molecule has 4 heteroatoms. The Labute approximate surface area is 88.2 Å². The van der Waals surface area contributed by atoms with E-state index in [9.17, 15) is 9.59 Å². The van der Waals surface area contributed by atoms with Crippen LogP contribution < -0.4 is 10.1 Å². The van der Waals surface area contributed by atoms with Gasteiger partial charge in [-0.1, -0.05) is 12.1 Å². The summed E-state index contributed by atoms with van der Waals surface area (Å²) in [6, 6.07) is 7.27. The van der Waals surface area contributed by atoms with Crippen molar-refractivity contribution in [2.24, 2.45) is 0 Å². The van der Waals surface area contributed by atoms with Crippen LogP contribution in [0.5, 0.6) is 5.75 Å². The number of Topliss-reactive ketones (excluding diaryl/α,β-unsaturated/α-hetero) is 1. The second kappa shape index (κ2) is 5.14. The van der Waals surface area contributed by atoms with Crippen LogP contribution in [0, 0.1) is 0 Å². The van der Waals surface area contributed by atoms with E-state index in [1.165, 1.54) is 6.92 Å². The molecule has 0 unspecified atom stereocenters. The van der Waals surface area contributed by atoms with Gasteiger partial charge >= 0.3 is 0 Å². The van der Waals surface area contributed by atoms with Crippen LogP contribution in [0.3, 0.4) is 0 Å². The first-order chi connectivity index (χ1) is 7.13. The highest BCUT2D eigenvalue weighted by Gasteiger charge is 2.05. The Balaban J connectivity index is 2.51. The molecule has 1 aromatic rings. The molecular formula is C11H13NO3. The van der Waals surface area contributed by atoms with E-state index in [0.29, 0.717) is 6.54 Å². The van der Waals surface area contributed by atoms with Crippen LogP contribution in [-0.4, -0.2) is 18.8 Å². The summed E-state index contributed by atoms with van der Waals surface area (Å²) in [6.07, 6.45) is 0. The molecule has 0 fully saturated rings. The summed E-state index contributed by atoms with van der Waals surface area (Å²) in [5.41, 5.74) is 0.922.